The van der Waals surface area contributed by atoms with E-state index < -0.39 is 42.9 Å². The number of hydrogen-bond acceptors (Lipinski definition) is 9. The Bertz CT molecular complexity index is 834. The van der Waals surface area contributed by atoms with Gasteiger partial charge < -0.3 is 34.9 Å². The maximum atomic E-state index is 11.6. The normalized spacial score (nSPS) is 29.5. The molecule has 25 heavy (non-hydrogen) atoms. The molecule has 5 atom stereocenters. The molecule has 1 fully saturated rings. The van der Waals surface area contributed by atoms with Gasteiger partial charge >= 0.3 is 5.63 Å². The molecule has 0 aliphatic carbocycles. The Morgan fingerprint density at radius 2 is 1.92 bits per heavy atom. The highest BCUT2D eigenvalue weighted by Gasteiger charge is 2.43. The van der Waals surface area contributed by atoms with Crippen LogP contribution >= 0.6 is 0 Å². The summed E-state index contributed by atoms with van der Waals surface area (Å²) in [6.45, 7) is -0.553. The molecule has 9 heteroatoms. The molecule has 1 aromatic carbocycles. The summed E-state index contributed by atoms with van der Waals surface area (Å²) in [5, 5.41) is 42.4. The third-order valence-corrected chi connectivity index (χ3v) is 4.12. The average molecular weight is 351 g/mol. The summed E-state index contributed by atoms with van der Waals surface area (Å²) in [4.78, 5) is 22.4. The first kappa shape index (κ1) is 17.5. The summed E-state index contributed by atoms with van der Waals surface area (Å²) in [5.74, 6) is 0. The van der Waals surface area contributed by atoms with Gasteiger partial charge in [0.1, 0.15) is 35.5 Å². The van der Waals surface area contributed by atoms with Crippen molar-refractivity contribution in [3.05, 3.63) is 40.2 Å². The van der Waals surface area contributed by atoms with Crippen molar-refractivity contribution < 1.29 is 34.4 Å². The van der Waals surface area contributed by atoms with Crippen LogP contribution in [0.15, 0.2) is 33.5 Å². The zero-order chi connectivity index (χ0) is 18.1. The van der Waals surface area contributed by atoms with Gasteiger partial charge in [-0.05, 0) is 18.2 Å². The fourth-order valence-corrected chi connectivity index (χ4v) is 2.74. The smallest absolute Gasteiger partial charge is 0.346 e. The number of ether oxygens (including phenoxy) is 1. The van der Waals surface area contributed by atoms with Crippen molar-refractivity contribution in [2.75, 3.05) is 11.9 Å². The Balaban J connectivity index is 1.87. The summed E-state index contributed by atoms with van der Waals surface area (Å²) in [5.41, 5.74) is -0.286. The highest BCUT2D eigenvalue weighted by molar-refractivity contribution is 5.86. The molecule has 3 rings (SSSR count). The van der Waals surface area contributed by atoms with E-state index in [2.05, 4.69) is 5.32 Å². The van der Waals surface area contributed by atoms with Crippen LogP contribution in [-0.2, 0) is 4.74 Å². The minimum Gasteiger partial charge on any atom is -0.422 e. The lowest BCUT2D eigenvalue weighted by atomic mass is 9.97. The molecule has 0 spiro atoms. The van der Waals surface area contributed by atoms with E-state index in [0.29, 0.717) is 17.4 Å². The monoisotopic (exact) mass is 351 g/mol. The Labute approximate surface area is 141 Å². The van der Waals surface area contributed by atoms with Gasteiger partial charge in [0.15, 0.2) is 12.6 Å². The van der Waals surface area contributed by atoms with Crippen LogP contribution in [0.2, 0.25) is 0 Å². The van der Waals surface area contributed by atoms with Crippen LogP contribution in [0.4, 0.5) is 5.69 Å². The summed E-state index contributed by atoms with van der Waals surface area (Å²) < 4.78 is 10.1. The number of rotatable bonds is 4. The first-order chi connectivity index (χ1) is 11.9. The molecule has 9 nitrogen and oxygen atoms in total. The quantitative estimate of drug-likeness (QED) is 0.339. The largest absolute Gasteiger partial charge is 0.422 e. The molecule has 1 aliphatic heterocycles. The van der Waals surface area contributed by atoms with Crippen LogP contribution in [0, 0.1) is 0 Å². The predicted molar refractivity (Wildman–Crippen MR) is 85.3 cm³/mol. The molecule has 0 bridgehead atoms. The van der Waals surface area contributed by atoms with E-state index >= 15 is 0 Å². The molecule has 1 aliphatic rings. The van der Waals surface area contributed by atoms with E-state index in [1.54, 1.807) is 12.1 Å². The second-order valence-corrected chi connectivity index (χ2v) is 5.76. The predicted octanol–water partition coefficient (Wildman–Crippen LogP) is -1.18. The van der Waals surface area contributed by atoms with Gasteiger partial charge in [-0.3, -0.25) is 4.79 Å². The first-order valence-electron chi connectivity index (χ1n) is 7.54. The van der Waals surface area contributed by atoms with E-state index in [-0.39, 0.29) is 11.1 Å². The van der Waals surface area contributed by atoms with E-state index in [4.69, 9.17) is 14.3 Å². The van der Waals surface area contributed by atoms with Crippen molar-refractivity contribution in [1.29, 1.82) is 0 Å². The van der Waals surface area contributed by atoms with Crippen LogP contribution < -0.4 is 10.9 Å². The zero-order valence-corrected chi connectivity index (χ0v) is 12.9. The van der Waals surface area contributed by atoms with Crippen molar-refractivity contribution >= 4 is 22.9 Å². The van der Waals surface area contributed by atoms with Gasteiger partial charge in [-0.25, -0.2) is 4.79 Å². The molecular weight excluding hydrogens is 334 g/mol. The van der Waals surface area contributed by atoms with Crippen LogP contribution in [0.3, 0.4) is 0 Å². The summed E-state index contributed by atoms with van der Waals surface area (Å²) in [7, 11) is 0. The number of aldehydes is 1. The van der Waals surface area contributed by atoms with Crippen molar-refractivity contribution in [1.82, 2.24) is 0 Å². The highest BCUT2D eigenvalue weighted by atomic mass is 16.6. The number of fused-ring (bicyclic) bond motifs is 1. The number of nitrogens with one attached hydrogen (secondary N) is 1. The minimum absolute atomic E-state index is 0.0992. The number of carbonyl (C=O) groups is 1. The third kappa shape index (κ3) is 3.28. The van der Waals surface area contributed by atoms with Crippen molar-refractivity contribution in [2.24, 2.45) is 0 Å². The van der Waals surface area contributed by atoms with Gasteiger partial charge in [-0.2, -0.15) is 0 Å². The Kier molecular flexibility index (Phi) is 4.84. The standard InChI is InChI=1S/C16H17NO8/c18-5-8-3-7-1-2-9(4-10(7)24-15(8)22)17-12-14(21)13(20)11(6-19)25-16(12)23/h1-5,11-14,16-17,19-21,23H,6H2/t11?,12?,13-,14-,16-/m1/s1. The molecule has 0 amide bonds. The van der Waals surface area contributed by atoms with Crippen molar-refractivity contribution in [3.8, 4) is 0 Å². The third-order valence-electron chi connectivity index (χ3n) is 4.12. The Morgan fingerprint density at radius 1 is 1.16 bits per heavy atom. The topological polar surface area (TPSA) is 149 Å². The molecule has 1 saturated heterocycles. The van der Waals surface area contributed by atoms with Gasteiger partial charge in [0.2, 0.25) is 0 Å². The van der Waals surface area contributed by atoms with Gasteiger partial charge in [0, 0.05) is 17.1 Å². The molecule has 2 aromatic rings. The van der Waals surface area contributed by atoms with Crippen LogP contribution in [-0.4, -0.2) is 64.0 Å². The van der Waals surface area contributed by atoms with Crippen molar-refractivity contribution in [3.63, 3.8) is 0 Å². The number of benzene rings is 1. The van der Waals surface area contributed by atoms with Gasteiger partial charge in [-0.1, -0.05) is 0 Å². The van der Waals surface area contributed by atoms with E-state index in [1.165, 1.54) is 12.1 Å². The molecular formula is C16H17NO8. The molecule has 134 valence electrons. The molecule has 0 radical (unpaired) electrons. The number of aliphatic hydroxyl groups excluding tert-OH is 4. The van der Waals surface area contributed by atoms with Crippen molar-refractivity contribution in [2.45, 2.75) is 30.6 Å². The van der Waals surface area contributed by atoms with Crippen LogP contribution in [0.25, 0.3) is 11.0 Å². The highest BCUT2D eigenvalue weighted by Crippen LogP contribution is 2.25. The van der Waals surface area contributed by atoms with Crippen LogP contribution in [0.5, 0.6) is 0 Å². The van der Waals surface area contributed by atoms with Gasteiger partial charge in [0.05, 0.1) is 6.61 Å². The maximum Gasteiger partial charge on any atom is 0.346 e. The van der Waals surface area contributed by atoms with Gasteiger partial charge in [0.25, 0.3) is 0 Å². The second-order valence-electron chi connectivity index (χ2n) is 5.76. The lowest BCUT2D eigenvalue weighted by Crippen LogP contribution is -2.61. The van der Waals surface area contributed by atoms with E-state index in [9.17, 15) is 24.9 Å². The Hall–Kier alpha value is -2.30. The number of carbonyl (C=O) groups excluding carboxylic acids is 1. The SMILES string of the molecule is O=Cc1cc2ccc(NC3[C@H](O)OC(CO)[C@@H](O)[C@@H]3O)cc2oc1=O. The molecule has 2 heterocycles. The molecule has 2 unspecified atom stereocenters. The van der Waals surface area contributed by atoms with Crippen LogP contribution in [0.1, 0.15) is 10.4 Å². The van der Waals surface area contributed by atoms with E-state index in [1.807, 2.05) is 0 Å². The average Bonchev–Trinajstić information content (AvgIpc) is 2.61. The second kappa shape index (κ2) is 6.90. The molecule has 1 aromatic heterocycles. The molecule has 5 N–H and O–H groups in total. The number of hydrogen-bond donors (Lipinski definition) is 5. The maximum absolute atomic E-state index is 11.6. The lowest BCUT2D eigenvalue weighted by Gasteiger charge is -2.40. The lowest BCUT2D eigenvalue weighted by molar-refractivity contribution is -0.245. The number of anilines is 1. The summed E-state index contributed by atoms with van der Waals surface area (Å²) in [6, 6.07) is 4.94. The zero-order valence-electron chi connectivity index (χ0n) is 12.9. The summed E-state index contributed by atoms with van der Waals surface area (Å²) in [6.07, 6.45) is -4.96. The fourth-order valence-electron chi connectivity index (χ4n) is 2.74. The molecule has 0 saturated carbocycles. The van der Waals surface area contributed by atoms with Gasteiger partial charge in [-0.15, -0.1) is 0 Å². The first-order valence-corrected chi connectivity index (χ1v) is 7.54. The van der Waals surface area contributed by atoms with E-state index in [0.717, 1.165) is 0 Å². The minimum atomic E-state index is -1.48. The Morgan fingerprint density at radius 3 is 2.60 bits per heavy atom. The summed E-state index contributed by atoms with van der Waals surface area (Å²) >= 11 is 0. The number of aliphatic hydroxyl groups is 4. The fraction of sp³-hybridized carbons (Fsp3) is 0.375.